The van der Waals surface area contributed by atoms with Crippen molar-refractivity contribution in [3.8, 4) is 11.5 Å². The lowest BCUT2D eigenvalue weighted by Gasteiger charge is -2.08. The van der Waals surface area contributed by atoms with Gasteiger partial charge in [-0.05, 0) is 18.6 Å². The lowest BCUT2D eigenvalue weighted by molar-refractivity contribution is -0.140. The van der Waals surface area contributed by atoms with Crippen molar-refractivity contribution in [2.75, 3.05) is 7.11 Å². The molecule has 0 amide bonds. The first-order chi connectivity index (χ1) is 9.24. The van der Waals surface area contributed by atoms with Crippen LogP contribution in [0.15, 0.2) is 34.2 Å². The zero-order valence-corrected chi connectivity index (χ0v) is 11.4. The summed E-state index contributed by atoms with van der Waals surface area (Å²) in [4.78, 5) is 15.4. The number of carbonyl (C=O) groups excluding carboxylic acids is 1. The Hall–Kier alpha value is -1.89. The summed E-state index contributed by atoms with van der Waals surface area (Å²) in [6.45, 7) is 1.90. The van der Waals surface area contributed by atoms with Crippen LogP contribution in [-0.2, 0) is 9.53 Å². The quantitative estimate of drug-likeness (QED) is 0.613. The van der Waals surface area contributed by atoms with E-state index < -0.39 is 0 Å². The van der Waals surface area contributed by atoms with E-state index >= 15 is 0 Å². The number of ether oxygens (including phenoxy) is 1. The number of aromatic nitrogens is 3. The maximum absolute atomic E-state index is 11.5. The van der Waals surface area contributed by atoms with E-state index in [2.05, 4.69) is 15.2 Å². The average Bonchev–Trinajstić information content (AvgIpc) is 2.93. The number of esters is 1. The molecule has 0 saturated carbocycles. The minimum absolute atomic E-state index is 0.295. The smallest absolute Gasteiger partial charge is 0.319 e. The van der Waals surface area contributed by atoms with E-state index in [-0.39, 0.29) is 11.2 Å². The van der Waals surface area contributed by atoms with Gasteiger partial charge in [-0.3, -0.25) is 9.78 Å². The van der Waals surface area contributed by atoms with Crippen molar-refractivity contribution < 1.29 is 13.9 Å². The Balaban J connectivity index is 2.11. The van der Waals surface area contributed by atoms with Gasteiger partial charge in [0, 0.05) is 18.0 Å². The van der Waals surface area contributed by atoms with Gasteiger partial charge in [0.15, 0.2) is 0 Å². The van der Waals surface area contributed by atoms with E-state index in [0.717, 1.165) is 5.56 Å². The molecule has 0 aliphatic carbocycles. The third kappa shape index (κ3) is 3.31. The summed E-state index contributed by atoms with van der Waals surface area (Å²) >= 11 is 1.21. The van der Waals surface area contributed by atoms with Gasteiger partial charge in [-0.25, -0.2) is 0 Å². The summed E-state index contributed by atoms with van der Waals surface area (Å²) in [6, 6.07) is 3.55. The van der Waals surface area contributed by atoms with Crippen LogP contribution in [0.4, 0.5) is 0 Å². The maximum Gasteiger partial charge on any atom is 0.319 e. The van der Waals surface area contributed by atoms with Crippen LogP contribution in [0.25, 0.3) is 11.5 Å². The Morgan fingerprint density at radius 2 is 2.16 bits per heavy atom. The first-order valence-electron chi connectivity index (χ1n) is 5.73. The van der Waals surface area contributed by atoms with Crippen LogP contribution in [0.3, 0.4) is 0 Å². The molecule has 19 heavy (non-hydrogen) atoms. The molecule has 0 N–H and O–H groups in total. The van der Waals surface area contributed by atoms with Gasteiger partial charge in [0.05, 0.1) is 7.11 Å². The van der Waals surface area contributed by atoms with Crippen LogP contribution >= 0.6 is 11.8 Å². The molecule has 0 aliphatic heterocycles. The number of hydrogen-bond acceptors (Lipinski definition) is 7. The van der Waals surface area contributed by atoms with Crippen LogP contribution in [0, 0.1) is 0 Å². The molecule has 2 aromatic rings. The number of carbonyl (C=O) groups is 1. The van der Waals surface area contributed by atoms with Crippen molar-refractivity contribution >= 4 is 17.7 Å². The van der Waals surface area contributed by atoms with E-state index in [4.69, 9.17) is 9.15 Å². The van der Waals surface area contributed by atoms with Gasteiger partial charge in [-0.2, -0.15) is 0 Å². The summed E-state index contributed by atoms with van der Waals surface area (Å²) in [5.74, 6) is 0.112. The summed E-state index contributed by atoms with van der Waals surface area (Å²) in [7, 11) is 1.36. The Bertz CT molecular complexity index is 544. The predicted octanol–water partition coefficient (Wildman–Crippen LogP) is 2.18. The lowest BCUT2D eigenvalue weighted by atomic mass is 10.3. The number of pyridine rings is 1. The molecule has 0 radical (unpaired) electrons. The van der Waals surface area contributed by atoms with E-state index in [9.17, 15) is 4.79 Å². The molecule has 7 heteroatoms. The Morgan fingerprint density at radius 1 is 1.42 bits per heavy atom. The third-order valence-corrected chi connectivity index (χ3v) is 3.59. The number of nitrogens with zero attached hydrogens (tertiary/aromatic N) is 3. The fourth-order valence-electron chi connectivity index (χ4n) is 1.42. The van der Waals surface area contributed by atoms with Crippen LogP contribution in [-0.4, -0.2) is 33.5 Å². The molecule has 2 aromatic heterocycles. The Morgan fingerprint density at radius 3 is 2.79 bits per heavy atom. The molecule has 2 rings (SSSR count). The maximum atomic E-state index is 11.5. The molecular weight excluding hydrogens is 266 g/mol. The van der Waals surface area contributed by atoms with Gasteiger partial charge < -0.3 is 9.15 Å². The summed E-state index contributed by atoms with van der Waals surface area (Å²) in [6.07, 6.45) is 3.93. The Kier molecular flexibility index (Phi) is 4.51. The molecule has 1 unspecified atom stereocenters. The van der Waals surface area contributed by atoms with E-state index in [1.54, 1.807) is 24.5 Å². The van der Waals surface area contributed by atoms with Crippen molar-refractivity contribution in [2.24, 2.45) is 0 Å². The lowest BCUT2D eigenvalue weighted by Crippen LogP contribution is -2.17. The van der Waals surface area contributed by atoms with Gasteiger partial charge in [0.1, 0.15) is 5.25 Å². The summed E-state index contributed by atoms with van der Waals surface area (Å²) in [5.41, 5.74) is 0.792. The number of thioether (sulfide) groups is 1. The van der Waals surface area contributed by atoms with Gasteiger partial charge in [0.2, 0.25) is 5.89 Å². The van der Waals surface area contributed by atoms with Gasteiger partial charge in [-0.1, -0.05) is 18.7 Å². The van der Waals surface area contributed by atoms with E-state index in [1.807, 2.05) is 6.92 Å². The second-order valence-corrected chi connectivity index (χ2v) is 4.80. The van der Waals surface area contributed by atoms with E-state index in [1.165, 1.54) is 18.9 Å². The Labute approximate surface area is 114 Å². The molecule has 0 aliphatic rings. The highest BCUT2D eigenvalue weighted by Crippen LogP contribution is 2.27. The van der Waals surface area contributed by atoms with Crippen molar-refractivity contribution in [1.29, 1.82) is 0 Å². The topological polar surface area (TPSA) is 78.1 Å². The zero-order valence-electron chi connectivity index (χ0n) is 10.6. The monoisotopic (exact) mass is 279 g/mol. The first kappa shape index (κ1) is 13.5. The molecule has 2 heterocycles. The molecule has 0 bridgehead atoms. The number of methoxy groups -OCH3 is 1. The summed E-state index contributed by atoms with van der Waals surface area (Å²) < 4.78 is 10.2. The van der Waals surface area contributed by atoms with Gasteiger partial charge in [-0.15, -0.1) is 10.2 Å². The van der Waals surface area contributed by atoms with Crippen LogP contribution in [0.2, 0.25) is 0 Å². The molecule has 0 spiro atoms. The third-order valence-electron chi connectivity index (χ3n) is 2.41. The predicted molar refractivity (Wildman–Crippen MR) is 69.5 cm³/mol. The highest BCUT2D eigenvalue weighted by atomic mass is 32.2. The normalized spacial score (nSPS) is 12.1. The second kappa shape index (κ2) is 6.33. The molecule has 0 saturated heterocycles. The average molecular weight is 279 g/mol. The first-order valence-corrected chi connectivity index (χ1v) is 6.61. The molecule has 1 atom stereocenters. The molecule has 6 nitrogen and oxygen atoms in total. The van der Waals surface area contributed by atoms with Crippen LogP contribution < -0.4 is 0 Å². The molecule has 0 aromatic carbocycles. The van der Waals surface area contributed by atoms with Crippen molar-refractivity contribution in [3.63, 3.8) is 0 Å². The van der Waals surface area contributed by atoms with Crippen LogP contribution in [0.5, 0.6) is 0 Å². The van der Waals surface area contributed by atoms with Gasteiger partial charge >= 0.3 is 5.97 Å². The highest BCUT2D eigenvalue weighted by molar-refractivity contribution is 8.00. The molecule has 0 fully saturated rings. The molecule has 100 valence electrons. The zero-order chi connectivity index (χ0) is 13.7. The standard InChI is InChI=1S/C12H13N3O3S/c1-3-9(11(16)17-2)19-12-15-14-10(18-12)8-4-6-13-7-5-8/h4-7,9H,3H2,1-2H3. The van der Waals surface area contributed by atoms with Gasteiger partial charge in [0.25, 0.3) is 5.22 Å². The SMILES string of the molecule is CCC(Sc1nnc(-c2ccncc2)o1)C(=O)OC. The van der Waals surface area contributed by atoms with Crippen LogP contribution in [0.1, 0.15) is 13.3 Å². The fraction of sp³-hybridized carbons (Fsp3) is 0.333. The minimum Gasteiger partial charge on any atom is -0.468 e. The van der Waals surface area contributed by atoms with Crippen molar-refractivity contribution in [1.82, 2.24) is 15.2 Å². The minimum atomic E-state index is -0.337. The largest absolute Gasteiger partial charge is 0.468 e. The second-order valence-electron chi connectivity index (χ2n) is 3.65. The number of hydrogen-bond donors (Lipinski definition) is 0. The fourth-order valence-corrected chi connectivity index (χ4v) is 2.24. The number of rotatable bonds is 5. The van der Waals surface area contributed by atoms with Crippen molar-refractivity contribution in [2.45, 2.75) is 23.8 Å². The highest BCUT2D eigenvalue weighted by Gasteiger charge is 2.21. The van der Waals surface area contributed by atoms with E-state index in [0.29, 0.717) is 17.5 Å². The summed E-state index contributed by atoms with van der Waals surface area (Å²) in [5, 5.41) is 7.87. The molecular formula is C12H13N3O3S. The van der Waals surface area contributed by atoms with Crippen molar-refractivity contribution in [3.05, 3.63) is 24.5 Å².